The lowest BCUT2D eigenvalue weighted by atomic mass is 9.98. The van der Waals surface area contributed by atoms with Crippen molar-refractivity contribution >= 4 is 11.9 Å². The van der Waals surface area contributed by atoms with Crippen molar-refractivity contribution in [3.63, 3.8) is 0 Å². The molecule has 0 N–H and O–H groups in total. The normalized spacial score (nSPS) is 17.9. The molecule has 5 nitrogen and oxygen atoms in total. The van der Waals surface area contributed by atoms with E-state index in [1.807, 2.05) is 17.7 Å². The van der Waals surface area contributed by atoms with Gasteiger partial charge in [0.2, 0.25) is 0 Å². The Balaban J connectivity index is 2.23. The highest BCUT2D eigenvalue weighted by Crippen LogP contribution is 2.26. The van der Waals surface area contributed by atoms with Crippen molar-refractivity contribution in [2.45, 2.75) is 32.2 Å². The molecular weight excluding hydrogens is 196 g/mol. The zero-order chi connectivity index (χ0) is 10.8. The SMILES string of the molecule is CCn1ccnc1C1CC(=O)OC(=O)C1. The van der Waals surface area contributed by atoms with Gasteiger partial charge in [0.15, 0.2) is 0 Å². The first kappa shape index (κ1) is 9.89. The van der Waals surface area contributed by atoms with E-state index in [1.165, 1.54) is 0 Å². The molecule has 2 heterocycles. The molecule has 80 valence electrons. The Morgan fingerprint density at radius 2 is 2.13 bits per heavy atom. The van der Waals surface area contributed by atoms with Crippen LogP contribution in [0.4, 0.5) is 0 Å². The van der Waals surface area contributed by atoms with Crippen LogP contribution in [0.5, 0.6) is 0 Å². The summed E-state index contributed by atoms with van der Waals surface area (Å²) in [4.78, 5) is 26.4. The second kappa shape index (κ2) is 3.84. The Hall–Kier alpha value is -1.65. The summed E-state index contributed by atoms with van der Waals surface area (Å²) in [5.74, 6) is -0.250. The van der Waals surface area contributed by atoms with Crippen molar-refractivity contribution in [3.8, 4) is 0 Å². The molecule has 1 fully saturated rings. The Morgan fingerprint density at radius 1 is 1.47 bits per heavy atom. The van der Waals surface area contributed by atoms with Crippen molar-refractivity contribution < 1.29 is 14.3 Å². The summed E-state index contributed by atoms with van der Waals surface area (Å²) in [5, 5.41) is 0. The molecule has 0 amide bonds. The van der Waals surface area contributed by atoms with Gasteiger partial charge in [-0.15, -0.1) is 0 Å². The van der Waals surface area contributed by atoms with Crippen LogP contribution in [0, 0.1) is 0 Å². The third kappa shape index (κ3) is 1.91. The van der Waals surface area contributed by atoms with Crippen molar-refractivity contribution in [2.24, 2.45) is 0 Å². The average molecular weight is 208 g/mol. The van der Waals surface area contributed by atoms with Gasteiger partial charge in [0.05, 0.1) is 12.8 Å². The van der Waals surface area contributed by atoms with E-state index in [9.17, 15) is 9.59 Å². The number of aryl methyl sites for hydroxylation is 1. The van der Waals surface area contributed by atoms with E-state index < -0.39 is 11.9 Å². The van der Waals surface area contributed by atoms with E-state index in [4.69, 9.17) is 0 Å². The Labute approximate surface area is 87.1 Å². The second-order valence-corrected chi connectivity index (χ2v) is 3.52. The van der Waals surface area contributed by atoms with Gasteiger partial charge in [0.25, 0.3) is 0 Å². The highest BCUT2D eigenvalue weighted by atomic mass is 16.6. The van der Waals surface area contributed by atoms with E-state index in [-0.39, 0.29) is 18.8 Å². The molecule has 1 aromatic heterocycles. The molecule has 0 atom stereocenters. The number of cyclic esters (lactones) is 2. The first-order chi connectivity index (χ1) is 7.20. The maximum atomic E-state index is 11.1. The predicted molar refractivity (Wildman–Crippen MR) is 51.0 cm³/mol. The fraction of sp³-hybridized carbons (Fsp3) is 0.500. The third-order valence-electron chi connectivity index (χ3n) is 2.51. The molecule has 1 aliphatic heterocycles. The van der Waals surface area contributed by atoms with Gasteiger partial charge in [0, 0.05) is 24.9 Å². The summed E-state index contributed by atoms with van der Waals surface area (Å²) in [7, 11) is 0. The lowest BCUT2D eigenvalue weighted by Crippen LogP contribution is -2.26. The molecule has 0 spiro atoms. The van der Waals surface area contributed by atoms with Crippen LogP contribution in [0.15, 0.2) is 12.4 Å². The Kier molecular flexibility index (Phi) is 2.53. The van der Waals surface area contributed by atoms with Crippen molar-refractivity contribution in [1.29, 1.82) is 0 Å². The minimum Gasteiger partial charge on any atom is -0.393 e. The van der Waals surface area contributed by atoms with E-state index in [1.54, 1.807) is 6.20 Å². The van der Waals surface area contributed by atoms with E-state index >= 15 is 0 Å². The summed E-state index contributed by atoms with van der Waals surface area (Å²) in [6, 6.07) is 0. The van der Waals surface area contributed by atoms with Crippen LogP contribution in [0.3, 0.4) is 0 Å². The fourth-order valence-electron chi connectivity index (χ4n) is 1.82. The molecule has 1 aromatic rings. The number of carbonyl (C=O) groups excluding carboxylic acids is 2. The predicted octanol–water partition coefficient (Wildman–Crippen LogP) is 0.850. The summed E-state index contributed by atoms with van der Waals surface area (Å²) in [6.07, 6.45) is 4.01. The molecule has 0 bridgehead atoms. The van der Waals surface area contributed by atoms with Crippen LogP contribution in [-0.4, -0.2) is 21.5 Å². The Bertz CT molecular complexity index is 381. The molecule has 0 radical (unpaired) electrons. The number of ether oxygens (including phenoxy) is 1. The molecule has 2 rings (SSSR count). The number of hydrogen-bond acceptors (Lipinski definition) is 4. The molecule has 1 aliphatic rings. The van der Waals surface area contributed by atoms with Crippen LogP contribution in [-0.2, 0) is 20.9 Å². The fourth-order valence-corrected chi connectivity index (χ4v) is 1.82. The van der Waals surface area contributed by atoms with Crippen LogP contribution in [0.25, 0.3) is 0 Å². The lowest BCUT2D eigenvalue weighted by Gasteiger charge is -2.19. The number of imidazole rings is 1. The van der Waals surface area contributed by atoms with Gasteiger partial charge in [-0.3, -0.25) is 9.59 Å². The topological polar surface area (TPSA) is 61.2 Å². The van der Waals surface area contributed by atoms with E-state index in [0.717, 1.165) is 12.4 Å². The zero-order valence-corrected chi connectivity index (χ0v) is 8.47. The van der Waals surface area contributed by atoms with Crippen LogP contribution < -0.4 is 0 Å². The zero-order valence-electron chi connectivity index (χ0n) is 8.47. The molecular formula is C10H12N2O3. The number of hydrogen-bond donors (Lipinski definition) is 0. The van der Waals surface area contributed by atoms with Gasteiger partial charge in [-0.25, -0.2) is 4.98 Å². The van der Waals surface area contributed by atoms with Crippen LogP contribution in [0.2, 0.25) is 0 Å². The molecule has 0 aliphatic carbocycles. The first-order valence-corrected chi connectivity index (χ1v) is 4.95. The van der Waals surface area contributed by atoms with Crippen molar-refractivity contribution in [3.05, 3.63) is 18.2 Å². The van der Waals surface area contributed by atoms with Gasteiger partial charge in [-0.2, -0.15) is 0 Å². The number of rotatable bonds is 2. The lowest BCUT2D eigenvalue weighted by molar-refractivity contribution is -0.164. The smallest absolute Gasteiger partial charge is 0.314 e. The minimum atomic E-state index is -0.457. The molecule has 15 heavy (non-hydrogen) atoms. The molecule has 5 heteroatoms. The summed E-state index contributed by atoms with van der Waals surface area (Å²) in [5.41, 5.74) is 0. The average Bonchev–Trinajstić information content (AvgIpc) is 2.63. The summed E-state index contributed by atoms with van der Waals surface area (Å²) in [6.45, 7) is 2.78. The van der Waals surface area contributed by atoms with E-state index in [0.29, 0.717) is 0 Å². The van der Waals surface area contributed by atoms with Gasteiger partial charge < -0.3 is 9.30 Å². The van der Waals surface area contributed by atoms with Crippen molar-refractivity contribution in [1.82, 2.24) is 9.55 Å². The molecule has 1 saturated heterocycles. The van der Waals surface area contributed by atoms with Crippen LogP contribution in [0.1, 0.15) is 31.5 Å². The highest BCUT2D eigenvalue weighted by molar-refractivity contribution is 5.89. The Morgan fingerprint density at radius 3 is 2.73 bits per heavy atom. The number of carbonyl (C=O) groups is 2. The molecule has 0 unspecified atom stereocenters. The maximum absolute atomic E-state index is 11.1. The number of esters is 2. The summed E-state index contributed by atoms with van der Waals surface area (Å²) >= 11 is 0. The standard InChI is InChI=1S/C10H12N2O3/c1-2-12-4-3-11-10(12)7-5-8(13)15-9(14)6-7/h3-4,7H,2,5-6H2,1H3. The monoisotopic (exact) mass is 208 g/mol. The van der Waals surface area contributed by atoms with Gasteiger partial charge in [-0.1, -0.05) is 0 Å². The van der Waals surface area contributed by atoms with Gasteiger partial charge in [0.1, 0.15) is 5.82 Å². The third-order valence-corrected chi connectivity index (χ3v) is 2.51. The van der Waals surface area contributed by atoms with Crippen LogP contribution >= 0.6 is 0 Å². The number of nitrogens with zero attached hydrogens (tertiary/aromatic N) is 2. The number of aromatic nitrogens is 2. The van der Waals surface area contributed by atoms with Gasteiger partial charge >= 0.3 is 11.9 Å². The molecule has 0 saturated carbocycles. The quantitative estimate of drug-likeness (QED) is 0.534. The van der Waals surface area contributed by atoms with Crippen molar-refractivity contribution in [2.75, 3.05) is 0 Å². The maximum Gasteiger partial charge on any atom is 0.314 e. The first-order valence-electron chi connectivity index (χ1n) is 4.95. The summed E-state index contributed by atoms with van der Waals surface area (Å²) < 4.78 is 6.41. The second-order valence-electron chi connectivity index (χ2n) is 3.52. The highest BCUT2D eigenvalue weighted by Gasteiger charge is 2.30. The van der Waals surface area contributed by atoms with Gasteiger partial charge in [-0.05, 0) is 6.92 Å². The van der Waals surface area contributed by atoms with E-state index in [2.05, 4.69) is 9.72 Å². The minimum absolute atomic E-state index is 0.131. The largest absolute Gasteiger partial charge is 0.393 e. The molecule has 0 aromatic carbocycles.